The van der Waals surface area contributed by atoms with E-state index in [1.807, 2.05) is 0 Å². The molecule has 0 spiro atoms. The molecule has 1 aromatic rings. The molecular formula is C19H30O4. The Morgan fingerprint density at radius 2 is 1.87 bits per heavy atom. The van der Waals surface area contributed by atoms with Gasteiger partial charge in [-0.05, 0) is 30.4 Å². The average molecular weight is 322 g/mol. The van der Waals surface area contributed by atoms with Crippen LogP contribution >= 0.6 is 0 Å². The van der Waals surface area contributed by atoms with Crippen molar-refractivity contribution in [3.8, 4) is 11.5 Å². The Morgan fingerprint density at radius 1 is 1.13 bits per heavy atom. The zero-order chi connectivity index (χ0) is 17.2. The average Bonchev–Trinajstić information content (AvgIpc) is 2.53. The summed E-state index contributed by atoms with van der Waals surface area (Å²) < 4.78 is 10.9. The molecule has 0 fully saturated rings. The number of methoxy groups -OCH3 is 1. The third-order valence-electron chi connectivity index (χ3n) is 4.06. The van der Waals surface area contributed by atoms with Gasteiger partial charge in [0.05, 0.1) is 25.9 Å². The van der Waals surface area contributed by atoms with E-state index in [0.29, 0.717) is 35.2 Å². The lowest BCUT2D eigenvalue weighted by molar-refractivity contribution is 0.111. The monoisotopic (exact) mass is 322 g/mol. The summed E-state index contributed by atoms with van der Waals surface area (Å²) in [4.78, 5) is 11.2. The molecule has 0 saturated carbocycles. The fourth-order valence-electron chi connectivity index (χ4n) is 2.54. The Hall–Kier alpha value is -1.55. The fourth-order valence-corrected chi connectivity index (χ4v) is 2.54. The minimum absolute atomic E-state index is 0.149. The third-order valence-corrected chi connectivity index (χ3v) is 4.06. The first-order chi connectivity index (χ1) is 11.0. The van der Waals surface area contributed by atoms with Crippen LogP contribution in [0.2, 0.25) is 0 Å². The van der Waals surface area contributed by atoms with Crippen LogP contribution in [-0.2, 0) is 6.61 Å². The van der Waals surface area contributed by atoms with Crippen LogP contribution in [0.5, 0.6) is 11.5 Å². The summed E-state index contributed by atoms with van der Waals surface area (Å²) in [7, 11) is 1.52. The Bertz CT molecular complexity index is 483. The normalized spacial score (nSPS) is 12.3. The molecule has 0 aliphatic rings. The molecule has 1 atom stereocenters. The molecule has 1 N–H and O–H groups in total. The van der Waals surface area contributed by atoms with Crippen molar-refractivity contribution in [2.75, 3.05) is 13.7 Å². The summed E-state index contributed by atoms with van der Waals surface area (Å²) in [6.07, 6.45) is 5.42. The maximum absolute atomic E-state index is 11.2. The van der Waals surface area contributed by atoms with E-state index >= 15 is 0 Å². The van der Waals surface area contributed by atoms with Crippen LogP contribution in [0.1, 0.15) is 62.4 Å². The molecule has 0 aliphatic heterocycles. The van der Waals surface area contributed by atoms with Gasteiger partial charge in [-0.3, -0.25) is 4.79 Å². The summed E-state index contributed by atoms with van der Waals surface area (Å²) in [5.74, 6) is 2.37. The van der Waals surface area contributed by atoms with Crippen molar-refractivity contribution in [1.82, 2.24) is 0 Å². The number of ether oxygens (including phenoxy) is 2. The lowest BCUT2D eigenvalue weighted by Gasteiger charge is -2.15. The van der Waals surface area contributed by atoms with Crippen molar-refractivity contribution in [3.05, 3.63) is 23.3 Å². The molecule has 23 heavy (non-hydrogen) atoms. The SMILES string of the molecule is COc1cc(C=O)c(OCCC(C)CCCC(C)C)cc1CO. The molecule has 0 saturated heterocycles. The van der Waals surface area contributed by atoms with Crippen LogP contribution in [-0.4, -0.2) is 25.1 Å². The number of aliphatic hydroxyl groups is 1. The fraction of sp³-hybridized carbons (Fsp3) is 0.632. The summed E-state index contributed by atoms with van der Waals surface area (Å²) in [6.45, 7) is 7.15. The molecular weight excluding hydrogens is 292 g/mol. The van der Waals surface area contributed by atoms with Crippen molar-refractivity contribution in [1.29, 1.82) is 0 Å². The van der Waals surface area contributed by atoms with Crippen molar-refractivity contribution in [3.63, 3.8) is 0 Å². The summed E-state index contributed by atoms with van der Waals surface area (Å²) in [5, 5.41) is 9.37. The van der Waals surface area contributed by atoms with Gasteiger partial charge in [0.1, 0.15) is 11.5 Å². The van der Waals surface area contributed by atoms with E-state index < -0.39 is 0 Å². The van der Waals surface area contributed by atoms with Gasteiger partial charge < -0.3 is 14.6 Å². The van der Waals surface area contributed by atoms with Gasteiger partial charge in [-0.25, -0.2) is 0 Å². The van der Waals surface area contributed by atoms with E-state index in [4.69, 9.17) is 9.47 Å². The molecule has 0 aliphatic carbocycles. The Labute approximate surface area is 139 Å². The lowest BCUT2D eigenvalue weighted by Crippen LogP contribution is -2.07. The molecule has 4 heteroatoms. The zero-order valence-electron chi connectivity index (χ0n) is 14.8. The predicted octanol–water partition coefficient (Wildman–Crippen LogP) is 4.23. The van der Waals surface area contributed by atoms with Crippen LogP contribution in [0, 0.1) is 11.8 Å². The highest BCUT2D eigenvalue weighted by molar-refractivity contribution is 5.80. The highest BCUT2D eigenvalue weighted by atomic mass is 16.5. The van der Waals surface area contributed by atoms with Gasteiger partial charge >= 0.3 is 0 Å². The van der Waals surface area contributed by atoms with Gasteiger partial charge in [0.25, 0.3) is 0 Å². The molecule has 1 aromatic carbocycles. The van der Waals surface area contributed by atoms with E-state index in [0.717, 1.165) is 18.6 Å². The molecule has 0 amide bonds. The number of benzene rings is 1. The molecule has 130 valence electrons. The van der Waals surface area contributed by atoms with Gasteiger partial charge in [0, 0.05) is 5.56 Å². The number of hydrogen-bond acceptors (Lipinski definition) is 4. The summed E-state index contributed by atoms with van der Waals surface area (Å²) >= 11 is 0. The first-order valence-electron chi connectivity index (χ1n) is 8.41. The van der Waals surface area contributed by atoms with Crippen molar-refractivity contribution in [2.24, 2.45) is 11.8 Å². The largest absolute Gasteiger partial charge is 0.496 e. The van der Waals surface area contributed by atoms with Crippen LogP contribution in [0.3, 0.4) is 0 Å². The maximum Gasteiger partial charge on any atom is 0.153 e. The van der Waals surface area contributed by atoms with Crippen molar-refractivity contribution < 1.29 is 19.4 Å². The van der Waals surface area contributed by atoms with E-state index in [9.17, 15) is 9.90 Å². The van der Waals surface area contributed by atoms with Crippen LogP contribution < -0.4 is 9.47 Å². The first kappa shape index (κ1) is 19.5. The molecule has 0 aromatic heterocycles. The van der Waals surface area contributed by atoms with Gasteiger partial charge in [-0.1, -0.05) is 40.0 Å². The molecule has 0 heterocycles. The zero-order valence-corrected chi connectivity index (χ0v) is 14.8. The molecule has 0 bridgehead atoms. The number of carbonyl (C=O) groups excluding carboxylic acids is 1. The van der Waals surface area contributed by atoms with Crippen molar-refractivity contribution in [2.45, 2.75) is 53.1 Å². The molecule has 0 radical (unpaired) electrons. The van der Waals surface area contributed by atoms with Crippen molar-refractivity contribution >= 4 is 6.29 Å². The summed E-state index contributed by atoms with van der Waals surface area (Å²) in [6, 6.07) is 3.30. The number of carbonyl (C=O) groups is 1. The van der Waals surface area contributed by atoms with E-state index in [1.165, 1.54) is 26.4 Å². The number of aldehydes is 1. The lowest BCUT2D eigenvalue weighted by atomic mass is 9.98. The Balaban J connectivity index is 2.55. The highest BCUT2D eigenvalue weighted by Crippen LogP contribution is 2.28. The Kier molecular flexibility index (Phi) is 8.70. The van der Waals surface area contributed by atoms with E-state index in [1.54, 1.807) is 12.1 Å². The quantitative estimate of drug-likeness (QED) is 0.619. The van der Waals surface area contributed by atoms with Crippen LogP contribution in [0.4, 0.5) is 0 Å². The van der Waals surface area contributed by atoms with Gasteiger partial charge in [-0.2, -0.15) is 0 Å². The molecule has 4 nitrogen and oxygen atoms in total. The minimum atomic E-state index is -0.149. The smallest absolute Gasteiger partial charge is 0.153 e. The summed E-state index contributed by atoms with van der Waals surface area (Å²) in [5.41, 5.74) is 1.07. The van der Waals surface area contributed by atoms with Crippen LogP contribution in [0.15, 0.2) is 12.1 Å². The van der Waals surface area contributed by atoms with Crippen LogP contribution in [0.25, 0.3) is 0 Å². The van der Waals surface area contributed by atoms with E-state index in [-0.39, 0.29) is 6.61 Å². The van der Waals surface area contributed by atoms with Gasteiger partial charge in [-0.15, -0.1) is 0 Å². The van der Waals surface area contributed by atoms with Gasteiger partial charge in [0.2, 0.25) is 0 Å². The topological polar surface area (TPSA) is 55.8 Å². The first-order valence-corrected chi connectivity index (χ1v) is 8.41. The second kappa shape index (κ2) is 10.3. The van der Waals surface area contributed by atoms with E-state index in [2.05, 4.69) is 20.8 Å². The molecule has 1 rings (SSSR count). The van der Waals surface area contributed by atoms with Gasteiger partial charge in [0.15, 0.2) is 6.29 Å². The predicted molar refractivity (Wildman–Crippen MR) is 92.3 cm³/mol. The second-order valence-corrected chi connectivity index (χ2v) is 6.54. The third kappa shape index (κ3) is 6.61. The highest BCUT2D eigenvalue weighted by Gasteiger charge is 2.11. The number of rotatable bonds is 11. The number of aliphatic hydroxyl groups excluding tert-OH is 1. The maximum atomic E-state index is 11.2. The number of hydrogen-bond donors (Lipinski definition) is 1. The second-order valence-electron chi connectivity index (χ2n) is 6.54. The minimum Gasteiger partial charge on any atom is -0.496 e. The standard InChI is InChI=1S/C19H30O4/c1-14(2)6-5-7-15(3)8-9-23-19-11-16(12-20)18(22-4)10-17(19)13-21/h10-11,13-15,20H,5-9,12H2,1-4H3. The Morgan fingerprint density at radius 3 is 2.43 bits per heavy atom. The molecule has 1 unspecified atom stereocenters.